The third-order valence-electron chi connectivity index (χ3n) is 5.47. The molecule has 2 aliphatic rings. The third-order valence-corrected chi connectivity index (χ3v) is 5.47. The Hall–Kier alpha value is -2.93. The number of oxazole rings is 1. The molecule has 7 heteroatoms. The smallest absolute Gasteiger partial charge is 0.272 e. The average molecular weight is 378 g/mol. The number of aryl methyl sites for hydroxylation is 1. The van der Waals surface area contributed by atoms with Gasteiger partial charge in [-0.2, -0.15) is 5.10 Å². The lowest BCUT2D eigenvalue weighted by molar-refractivity contribution is 0.0722. The number of nitrogens with one attached hydrogen (secondary N) is 1. The molecule has 0 radical (unpaired) electrons. The maximum Gasteiger partial charge on any atom is 0.272 e. The predicted molar refractivity (Wildman–Crippen MR) is 102 cm³/mol. The van der Waals surface area contributed by atoms with Gasteiger partial charge >= 0.3 is 0 Å². The van der Waals surface area contributed by atoms with Gasteiger partial charge in [-0.25, -0.2) is 4.98 Å². The zero-order valence-electron chi connectivity index (χ0n) is 15.8. The predicted octanol–water partition coefficient (Wildman–Crippen LogP) is 3.08. The molecule has 2 aliphatic heterocycles. The van der Waals surface area contributed by atoms with E-state index >= 15 is 0 Å². The van der Waals surface area contributed by atoms with Gasteiger partial charge in [0.1, 0.15) is 17.1 Å². The van der Waals surface area contributed by atoms with Crippen molar-refractivity contribution >= 4 is 5.91 Å². The fraction of sp³-hybridized carbons (Fsp3) is 0.381. The molecular weight excluding hydrogens is 356 g/mol. The van der Waals surface area contributed by atoms with E-state index in [4.69, 9.17) is 9.15 Å². The van der Waals surface area contributed by atoms with Crippen LogP contribution in [0.2, 0.25) is 0 Å². The molecule has 28 heavy (non-hydrogen) atoms. The Morgan fingerprint density at radius 3 is 2.93 bits per heavy atom. The molecule has 0 saturated carbocycles. The van der Waals surface area contributed by atoms with Gasteiger partial charge in [-0.1, -0.05) is 29.8 Å². The molecule has 1 saturated heterocycles. The molecule has 1 amide bonds. The highest BCUT2D eigenvalue weighted by atomic mass is 16.5. The van der Waals surface area contributed by atoms with E-state index in [0.29, 0.717) is 31.8 Å². The quantitative estimate of drug-likeness (QED) is 0.757. The van der Waals surface area contributed by atoms with E-state index in [9.17, 15) is 4.79 Å². The molecule has 4 heterocycles. The Kier molecular flexibility index (Phi) is 4.24. The van der Waals surface area contributed by atoms with Crippen LogP contribution in [0.1, 0.15) is 45.7 Å². The van der Waals surface area contributed by atoms with Crippen molar-refractivity contribution in [3.05, 3.63) is 58.9 Å². The van der Waals surface area contributed by atoms with E-state index < -0.39 is 0 Å². The molecule has 2 aromatic heterocycles. The largest absolute Gasteiger partial charge is 0.445 e. The molecule has 0 bridgehead atoms. The van der Waals surface area contributed by atoms with Crippen molar-refractivity contribution in [1.82, 2.24) is 20.1 Å². The van der Waals surface area contributed by atoms with Crippen LogP contribution in [0.3, 0.4) is 0 Å². The van der Waals surface area contributed by atoms with Gasteiger partial charge in [0.2, 0.25) is 0 Å². The van der Waals surface area contributed by atoms with E-state index in [1.165, 1.54) is 5.56 Å². The molecule has 1 N–H and O–H groups in total. The molecule has 1 unspecified atom stereocenters. The minimum Gasteiger partial charge on any atom is -0.445 e. The maximum atomic E-state index is 12.9. The zero-order valence-corrected chi connectivity index (χ0v) is 15.8. The van der Waals surface area contributed by atoms with Crippen molar-refractivity contribution in [1.29, 1.82) is 0 Å². The first-order valence-corrected chi connectivity index (χ1v) is 9.65. The molecule has 144 valence electrons. The molecular formula is C21H22N4O3. The molecule has 1 atom stereocenters. The van der Waals surface area contributed by atoms with Gasteiger partial charge in [-0.05, 0) is 19.4 Å². The van der Waals surface area contributed by atoms with Crippen LogP contribution in [-0.4, -0.2) is 45.7 Å². The van der Waals surface area contributed by atoms with Crippen LogP contribution in [-0.2, 0) is 17.7 Å². The summed E-state index contributed by atoms with van der Waals surface area (Å²) in [6.07, 6.45) is 1.62. The monoisotopic (exact) mass is 378 g/mol. The van der Waals surface area contributed by atoms with Gasteiger partial charge in [0.05, 0.1) is 24.8 Å². The number of fused-ring (bicyclic) bond motifs is 1. The van der Waals surface area contributed by atoms with Gasteiger partial charge in [0, 0.05) is 25.1 Å². The summed E-state index contributed by atoms with van der Waals surface area (Å²) in [5.74, 6) is 1.82. The van der Waals surface area contributed by atoms with Crippen molar-refractivity contribution < 1.29 is 13.9 Å². The van der Waals surface area contributed by atoms with E-state index in [-0.39, 0.29) is 11.8 Å². The van der Waals surface area contributed by atoms with Crippen LogP contribution in [0.25, 0.3) is 11.3 Å². The van der Waals surface area contributed by atoms with Gasteiger partial charge in [0.25, 0.3) is 5.91 Å². The Morgan fingerprint density at radius 1 is 1.29 bits per heavy atom. The molecule has 5 rings (SSSR count). The summed E-state index contributed by atoms with van der Waals surface area (Å²) in [5.41, 5.74) is 4.30. The van der Waals surface area contributed by atoms with Crippen LogP contribution in [0.15, 0.2) is 34.7 Å². The number of H-pyrrole nitrogens is 1. The second-order valence-corrected chi connectivity index (χ2v) is 7.49. The summed E-state index contributed by atoms with van der Waals surface area (Å²) in [4.78, 5) is 19.4. The van der Waals surface area contributed by atoms with Crippen molar-refractivity contribution in [2.45, 2.75) is 32.2 Å². The lowest BCUT2D eigenvalue weighted by Crippen LogP contribution is -2.36. The van der Waals surface area contributed by atoms with Crippen molar-refractivity contribution in [3.8, 4) is 11.3 Å². The first-order chi connectivity index (χ1) is 13.7. The number of hydrogen-bond acceptors (Lipinski definition) is 5. The number of aromatic nitrogens is 3. The van der Waals surface area contributed by atoms with Crippen molar-refractivity contribution in [2.75, 3.05) is 19.8 Å². The lowest BCUT2D eigenvalue weighted by Gasteiger charge is -2.24. The molecule has 1 fully saturated rings. The van der Waals surface area contributed by atoms with Crippen LogP contribution < -0.4 is 0 Å². The first kappa shape index (κ1) is 17.2. The Morgan fingerprint density at radius 2 is 2.14 bits per heavy atom. The Balaban J connectivity index is 1.32. The first-order valence-electron chi connectivity index (χ1n) is 9.65. The van der Waals surface area contributed by atoms with Crippen molar-refractivity contribution in [2.24, 2.45) is 0 Å². The number of carbonyl (C=O) groups excluding carboxylic acids is 1. The highest BCUT2D eigenvalue weighted by Crippen LogP contribution is 2.29. The Bertz CT molecular complexity index is 999. The number of carbonyl (C=O) groups is 1. The zero-order chi connectivity index (χ0) is 19.1. The number of amides is 1. The SMILES string of the molecule is Cc1ccc(-c2cc(C(=O)N3CCc4oc(C5CCOC5)nc4C3)[nH]n2)cc1. The molecule has 0 spiro atoms. The van der Waals surface area contributed by atoms with Crippen molar-refractivity contribution in [3.63, 3.8) is 0 Å². The Labute approximate surface area is 162 Å². The summed E-state index contributed by atoms with van der Waals surface area (Å²) in [6.45, 7) is 4.54. The minimum atomic E-state index is -0.0646. The number of ether oxygens (including phenoxy) is 1. The van der Waals surface area contributed by atoms with Gasteiger partial charge in [-0.15, -0.1) is 0 Å². The topological polar surface area (TPSA) is 84.3 Å². The summed E-state index contributed by atoms with van der Waals surface area (Å²) < 4.78 is 11.4. The highest BCUT2D eigenvalue weighted by molar-refractivity contribution is 5.93. The fourth-order valence-electron chi connectivity index (χ4n) is 3.77. The van der Waals surface area contributed by atoms with E-state index in [1.54, 1.807) is 4.90 Å². The second kappa shape index (κ2) is 6.91. The second-order valence-electron chi connectivity index (χ2n) is 7.49. The maximum absolute atomic E-state index is 12.9. The normalized spacial score (nSPS) is 19.0. The van der Waals surface area contributed by atoms with E-state index in [0.717, 1.165) is 41.6 Å². The van der Waals surface area contributed by atoms with Gasteiger partial charge < -0.3 is 14.1 Å². The summed E-state index contributed by atoms with van der Waals surface area (Å²) in [5, 5.41) is 7.20. The number of hydrogen-bond donors (Lipinski definition) is 1. The van der Waals surface area contributed by atoms with Gasteiger partial charge in [-0.3, -0.25) is 9.89 Å². The third kappa shape index (κ3) is 3.11. The number of nitrogens with zero attached hydrogens (tertiary/aromatic N) is 3. The summed E-state index contributed by atoms with van der Waals surface area (Å²) in [6, 6.07) is 9.91. The van der Waals surface area contributed by atoms with Gasteiger partial charge in [0.15, 0.2) is 5.89 Å². The highest BCUT2D eigenvalue weighted by Gasteiger charge is 2.30. The van der Waals surface area contributed by atoms with Crippen LogP contribution in [0, 0.1) is 6.92 Å². The number of aromatic amines is 1. The lowest BCUT2D eigenvalue weighted by atomic mass is 10.1. The number of rotatable bonds is 3. The fourth-order valence-corrected chi connectivity index (χ4v) is 3.77. The van der Waals surface area contributed by atoms with E-state index in [1.807, 2.05) is 37.3 Å². The van der Waals surface area contributed by atoms with Crippen LogP contribution in [0.5, 0.6) is 0 Å². The van der Waals surface area contributed by atoms with E-state index in [2.05, 4.69) is 15.2 Å². The van der Waals surface area contributed by atoms with Crippen LogP contribution >= 0.6 is 0 Å². The molecule has 0 aliphatic carbocycles. The molecule has 3 aromatic rings. The average Bonchev–Trinajstić information content (AvgIpc) is 3.47. The molecule has 1 aromatic carbocycles. The summed E-state index contributed by atoms with van der Waals surface area (Å²) in [7, 11) is 0. The minimum absolute atomic E-state index is 0.0646. The summed E-state index contributed by atoms with van der Waals surface area (Å²) >= 11 is 0. The standard InChI is InChI=1S/C21H22N4O3/c1-13-2-4-14(5-3-13)16-10-17(24-23-16)21(26)25-8-6-19-18(11-25)22-20(28-19)15-7-9-27-12-15/h2-5,10,15H,6-9,11-12H2,1H3,(H,23,24). The molecule has 7 nitrogen and oxygen atoms in total. The number of benzene rings is 1. The van der Waals surface area contributed by atoms with Crippen LogP contribution in [0.4, 0.5) is 0 Å².